The highest BCUT2D eigenvalue weighted by Gasteiger charge is 2.33. The van der Waals surface area contributed by atoms with Crippen LogP contribution < -0.4 is 0 Å². The Morgan fingerprint density at radius 1 is 1.06 bits per heavy atom. The minimum absolute atomic E-state index is 0.0115. The molecule has 0 amide bonds. The molecule has 0 spiro atoms. The highest BCUT2D eigenvalue weighted by atomic mass is 32.2. The minimum atomic E-state index is -4.65. The number of imidazole rings is 1. The van der Waals surface area contributed by atoms with Gasteiger partial charge in [-0.15, -0.1) is 0 Å². The SMILES string of the molecule is CCS(=O)(=O)c1ccc(-c2cccc(F)c2)nc1-c1nc2cc(C(F)(F)F)ncc2n1C. The Labute approximate surface area is 180 Å². The van der Waals surface area contributed by atoms with E-state index in [0.717, 1.165) is 12.3 Å². The molecular formula is C21H16F4N4O2S. The third-order valence-electron chi connectivity index (χ3n) is 4.96. The average molecular weight is 464 g/mol. The Balaban J connectivity index is 1.99. The van der Waals surface area contributed by atoms with Crippen LogP contribution in [0, 0.1) is 5.82 Å². The number of fused-ring (bicyclic) bond motifs is 1. The quantitative estimate of drug-likeness (QED) is 0.411. The number of aryl methyl sites for hydroxylation is 1. The molecule has 11 heteroatoms. The highest BCUT2D eigenvalue weighted by molar-refractivity contribution is 7.91. The van der Waals surface area contributed by atoms with Crippen LogP contribution >= 0.6 is 0 Å². The lowest BCUT2D eigenvalue weighted by Gasteiger charge is -2.11. The molecule has 0 aliphatic heterocycles. The molecule has 166 valence electrons. The van der Waals surface area contributed by atoms with Crippen molar-refractivity contribution in [1.29, 1.82) is 0 Å². The monoisotopic (exact) mass is 464 g/mol. The Morgan fingerprint density at radius 3 is 2.47 bits per heavy atom. The van der Waals surface area contributed by atoms with Crippen molar-refractivity contribution in [3.63, 3.8) is 0 Å². The van der Waals surface area contributed by atoms with Crippen LogP contribution in [-0.2, 0) is 23.1 Å². The molecular weight excluding hydrogens is 448 g/mol. The van der Waals surface area contributed by atoms with Gasteiger partial charge in [0, 0.05) is 12.6 Å². The fourth-order valence-corrected chi connectivity index (χ4v) is 4.30. The van der Waals surface area contributed by atoms with Crippen molar-refractivity contribution >= 4 is 20.9 Å². The maximum Gasteiger partial charge on any atom is 0.433 e. The molecule has 0 radical (unpaired) electrons. The molecule has 4 rings (SSSR count). The van der Waals surface area contributed by atoms with Crippen molar-refractivity contribution in [2.24, 2.45) is 7.05 Å². The van der Waals surface area contributed by atoms with E-state index >= 15 is 0 Å². The van der Waals surface area contributed by atoms with Gasteiger partial charge in [0.05, 0.1) is 33.6 Å². The van der Waals surface area contributed by atoms with E-state index in [1.54, 1.807) is 6.07 Å². The van der Waals surface area contributed by atoms with Gasteiger partial charge in [0.25, 0.3) is 0 Å². The van der Waals surface area contributed by atoms with Gasteiger partial charge >= 0.3 is 6.18 Å². The number of benzene rings is 1. The van der Waals surface area contributed by atoms with Crippen molar-refractivity contribution < 1.29 is 26.0 Å². The fraction of sp³-hybridized carbons (Fsp3) is 0.190. The van der Waals surface area contributed by atoms with Gasteiger partial charge < -0.3 is 4.57 Å². The first-order valence-corrected chi connectivity index (χ1v) is 11.1. The first kappa shape index (κ1) is 21.9. The topological polar surface area (TPSA) is 77.7 Å². The number of aromatic nitrogens is 4. The number of nitrogens with zero attached hydrogens (tertiary/aromatic N) is 4. The second kappa shape index (κ2) is 7.66. The van der Waals surface area contributed by atoms with E-state index in [-0.39, 0.29) is 38.9 Å². The Kier molecular flexibility index (Phi) is 5.24. The number of rotatable bonds is 4. The van der Waals surface area contributed by atoms with E-state index in [1.807, 2.05) is 0 Å². The van der Waals surface area contributed by atoms with Crippen LogP contribution in [-0.4, -0.2) is 33.7 Å². The van der Waals surface area contributed by atoms with Crippen LogP contribution in [0.5, 0.6) is 0 Å². The predicted octanol–water partition coefficient (Wildman–Crippen LogP) is 4.65. The maximum atomic E-state index is 13.7. The Bertz CT molecular complexity index is 1450. The van der Waals surface area contributed by atoms with E-state index in [1.165, 1.54) is 48.9 Å². The molecule has 0 saturated carbocycles. The predicted molar refractivity (Wildman–Crippen MR) is 110 cm³/mol. The van der Waals surface area contributed by atoms with Gasteiger partial charge in [0.1, 0.15) is 17.2 Å². The van der Waals surface area contributed by atoms with Gasteiger partial charge in [0.15, 0.2) is 15.7 Å². The molecule has 3 heterocycles. The third kappa shape index (κ3) is 3.83. The van der Waals surface area contributed by atoms with Crippen molar-refractivity contribution in [3.05, 3.63) is 60.2 Å². The van der Waals surface area contributed by atoms with E-state index in [4.69, 9.17) is 0 Å². The zero-order chi connectivity index (χ0) is 23.3. The highest BCUT2D eigenvalue weighted by Crippen LogP contribution is 2.33. The number of sulfone groups is 1. The number of pyridine rings is 2. The molecule has 0 bridgehead atoms. The van der Waals surface area contributed by atoms with Crippen molar-refractivity contribution in [3.8, 4) is 22.8 Å². The molecule has 0 fully saturated rings. The summed E-state index contributed by atoms with van der Waals surface area (Å²) in [6.07, 6.45) is -3.63. The van der Waals surface area contributed by atoms with Gasteiger partial charge in [-0.25, -0.2) is 27.8 Å². The fourth-order valence-electron chi connectivity index (χ4n) is 3.28. The molecule has 32 heavy (non-hydrogen) atoms. The van der Waals surface area contributed by atoms with E-state index in [9.17, 15) is 26.0 Å². The van der Waals surface area contributed by atoms with Gasteiger partial charge in [-0.2, -0.15) is 13.2 Å². The summed E-state index contributed by atoms with van der Waals surface area (Å²) in [5.74, 6) is -0.666. The molecule has 0 atom stereocenters. The van der Waals surface area contributed by atoms with Crippen LogP contribution in [0.15, 0.2) is 53.6 Å². The zero-order valence-electron chi connectivity index (χ0n) is 16.9. The molecule has 0 saturated heterocycles. The summed E-state index contributed by atoms with van der Waals surface area (Å²) in [4.78, 5) is 12.0. The molecule has 4 aromatic rings. The third-order valence-corrected chi connectivity index (χ3v) is 6.72. The summed E-state index contributed by atoms with van der Waals surface area (Å²) in [5.41, 5.74) is -0.200. The van der Waals surface area contributed by atoms with Crippen LogP contribution in [0.25, 0.3) is 33.8 Å². The second-order valence-electron chi connectivity index (χ2n) is 7.01. The minimum Gasteiger partial charge on any atom is -0.324 e. The smallest absolute Gasteiger partial charge is 0.324 e. The second-order valence-corrected chi connectivity index (χ2v) is 9.25. The normalized spacial score (nSPS) is 12.4. The van der Waals surface area contributed by atoms with Crippen molar-refractivity contribution in [2.45, 2.75) is 18.0 Å². The number of hydrogen-bond acceptors (Lipinski definition) is 5. The standard InChI is InChI=1S/C21H16F4N4O2S/c1-3-32(30,31)17-8-7-14(12-5-4-6-13(22)9-12)27-19(17)20-28-15-10-18(21(23,24)25)26-11-16(15)29(20)2/h4-11H,3H2,1-2H3. The summed E-state index contributed by atoms with van der Waals surface area (Å²) < 4.78 is 79.7. The molecule has 1 aromatic carbocycles. The lowest BCUT2D eigenvalue weighted by Crippen LogP contribution is -2.09. The molecule has 3 aromatic heterocycles. The number of hydrogen-bond donors (Lipinski definition) is 0. The summed E-state index contributed by atoms with van der Waals surface area (Å²) in [6, 6.07) is 9.20. The van der Waals surface area contributed by atoms with Crippen LogP contribution in [0.1, 0.15) is 12.6 Å². The first-order chi connectivity index (χ1) is 15.0. The van der Waals surface area contributed by atoms with Crippen LogP contribution in [0.4, 0.5) is 17.6 Å². The largest absolute Gasteiger partial charge is 0.433 e. The molecule has 0 aliphatic carbocycles. The summed E-state index contributed by atoms with van der Waals surface area (Å²) >= 11 is 0. The first-order valence-electron chi connectivity index (χ1n) is 9.41. The summed E-state index contributed by atoms with van der Waals surface area (Å²) in [7, 11) is -2.23. The van der Waals surface area contributed by atoms with Gasteiger partial charge in [-0.3, -0.25) is 0 Å². The van der Waals surface area contributed by atoms with E-state index in [0.29, 0.717) is 5.56 Å². The Morgan fingerprint density at radius 2 is 1.81 bits per heavy atom. The number of alkyl halides is 3. The van der Waals surface area contributed by atoms with Gasteiger partial charge in [-0.05, 0) is 30.3 Å². The average Bonchev–Trinajstić information content (AvgIpc) is 3.08. The van der Waals surface area contributed by atoms with Gasteiger partial charge in [-0.1, -0.05) is 19.1 Å². The summed E-state index contributed by atoms with van der Waals surface area (Å²) in [5, 5.41) is 0. The summed E-state index contributed by atoms with van der Waals surface area (Å²) in [6.45, 7) is 1.47. The lowest BCUT2D eigenvalue weighted by atomic mass is 10.1. The number of halogens is 4. The van der Waals surface area contributed by atoms with Crippen LogP contribution in [0.3, 0.4) is 0 Å². The molecule has 0 N–H and O–H groups in total. The molecule has 0 unspecified atom stereocenters. The van der Waals surface area contributed by atoms with Crippen molar-refractivity contribution in [2.75, 3.05) is 5.75 Å². The van der Waals surface area contributed by atoms with Crippen molar-refractivity contribution in [1.82, 2.24) is 19.5 Å². The van der Waals surface area contributed by atoms with E-state index < -0.39 is 27.5 Å². The van der Waals surface area contributed by atoms with Crippen LogP contribution in [0.2, 0.25) is 0 Å². The zero-order valence-corrected chi connectivity index (χ0v) is 17.7. The molecule has 0 aliphatic rings. The van der Waals surface area contributed by atoms with E-state index in [2.05, 4.69) is 15.0 Å². The van der Waals surface area contributed by atoms with Gasteiger partial charge in [0.2, 0.25) is 0 Å². The lowest BCUT2D eigenvalue weighted by molar-refractivity contribution is -0.141. The molecule has 6 nitrogen and oxygen atoms in total. The maximum absolute atomic E-state index is 13.7. The Hall–Kier alpha value is -3.34.